The topological polar surface area (TPSA) is 34.1 Å². The van der Waals surface area contributed by atoms with E-state index in [0.29, 0.717) is 18.8 Å². The number of carbonyl (C=O) groups excluding carboxylic acids is 2. The average molecular weight is 282 g/mol. The van der Waals surface area contributed by atoms with Crippen LogP contribution in [0.1, 0.15) is 39.5 Å². The molecule has 0 aliphatic heterocycles. The van der Waals surface area contributed by atoms with Crippen molar-refractivity contribution in [1.29, 1.82) is 0 Å². The number of fused-ring (bicyclic) bond motifs is 2. The second-order valence-electron chi connectivity index (χ2n) is 6.70. The number of rotatable bonds is 1. The summed E-state index contributed by atoms with van der Waals surface area (Å²) in [6.45, 7) is 12.3. The molecule has 3 aliphatic rings. The van der Waals surface area contributed by atoms with Gasteiger partial charge in [0.05, 0.1) is 0 Å². The highest BCUT2D eigenvalue weighted by molar-refractivity contribution is 6.16. The molecule has 3 atom stereocenters. The van der Waals surface area contributed by atoms with E-state index in [-0.39, 0.29) is 23.4 Å². The van der Waals surface area contributed by atoms with Gasteiger partial charge in [-0.15, -0.1) is 0 Å². The van der Waals surface area contributed by atoms with Crippen molar-refractivity contribution >= 4 is 11.6 Å². The standard InChI is InChI=1S/C19H22O2/c1-10(2)13-6-5-11(3)17-15(13)9-12(4)19(21)14-7-8-16(20)18(14)17/h9,13,15,17H,1,3,5-8H2,2,4H3/t13?,15-,17-/m1/s1. The Kier molecular flexibility index (Phi) is 3.35. The van der Waals surface area contributed by atoms with Gasteiger partial charge in [0.15, 0.2) is 11.6 Å². The van der Waals surface area contributed by atoms with Crippen LogP contribution in [0.15, 0.2) is 47.1 Å². The van der Waals surface area contributed by atoms with E-state index in [1.54, 1.807) is 0 Å². The lowest BCUT2D eigenvalue weighted by Crippen LogP contribution is -2.31. The molecule has 0 saturated heterocycles. The highest BCUT2D eigenvalue weighted by Crippen LogP contribution is 2.50. The number of carbonyl (C=O) groups is 2. The molecule has 1 saturated carbocycles. The molecule has 0 bridgehead atoms. The Bertz CT molecular complexity index is 630. The van der Waals surface area contributed by atoms with Gasteiger partial charge in [-0.2, -0.15) is 0 Å². The highest BCUT2D eigenvalue weighted by Gasteiger charge is 2.44. The van der Waals surface area contributed by atoms with Crippen LogP contribution in [-0.2, 0) is 9.59 Å². The van der Waals surface area contributed by atoms with Crippen LogP contribution in [0.5, 0.6) is 0 Å². The summed E-state index contributed by atoms with van der Waals surface area (Å²) in [5.74, 6) is 0.746. The van der Waals surface area contributed by atoms with Gasteiger partial charge in [0, 0.05) is 23.5 Å². The first-order chi connectivity index (χ1) is 9.91. The lowest BCUT2D eigenvalue weighted by Gasteiger charge is -2.39. The molecule has 0 aromatic carbocycles. The Labute approximate surface area is 126 Å². The minimum atomic E-state index is 0.0202. The van der Waals surface area contributed by atoms with Crippen molar-refractivity contribution in [3.05, 3.63) is 47.1 Å². The largest absolute Gasteiger partial charge is 0.295 e. The van der Waals surface area contributed by atoms with Crippen molar-refractivity contribution in [3.8, 4) is 0 Å². The molecule has 2 heteroatoms. The maximum absolute atomic E-state index is 12.6. The van der Waals surface area contributed by atoms with E-state index >= 15 is 0 Å². The molecule has 0 radical (unpaired) electrons. The van der Waals surface area contributed by atoms with E-state index in [1.165, 1.54) is 0 Å². The Balaban J connectivity index is 2.19. The van der Waals surface area contributed by atoms with E-state index in [0.717, 1.165) is 40.7 Å². The van der Waals surface area contributed by atoms with Crippen molar-refractivity contribution < 1.29 is 9.59 Å². The molecule has 0 aromatic rings. The van der Waals surface area contributed by atoms with Crippen LogP contribution in [-0.4, -0.2) is 11.6 Å². The molecule has 0 spiro atoms. The summed E-state index contributed by atoms with van der Waals surface area (Å²) in [5.41, 5.74) is 4.56. The van der Waals surface area contributed by atoms with Crippen molar-refractivity contribution in [2.45, 2.75) is 39.5 Å². The van der Waals surface area contributed by atoms with Gasteiger partial charge in [0.1, 0.15) is 0 Å². The van der Waals surface area contributed by atoms with Gasteiger partial charge in [-0.3, -0.25) is 9.59 Å². The van der Waals surface area contributed by atoms with Crippen molar-refractivity contribution in [2.24, 2.45) is 17.8 Å². The Morgan fingerprint density at radius 3 is 2.62 bits per heavy atom. The molecule has 2 nitrogen and oxygen atoms in total. The summed E-state index contributed by atoms with van der Waals surface area (Å²) in [4.78, 5) is 25.0. The molecule has 0 amide bonds. The van der Waals surface area contributed by atoms with E-state index in [2.05, 4.69) is 26.2 Å². The predicted octanol–water partition coefficient (Wildman–Crippen LogP) is 3.95. The molecule has 0 heterocycles. The van der Waals surface area contributed by atoms with Gasteiger partial charge in [-0.25, -0.2) is 0 Å². The highest BCUT2D eigenvalue weighted by atomic mass is 16.1. The minimum Gasteiger partial charge on any atom is -0.295 e. The summed E-state index contributed by atoms with van der Waals surface area (Å²) >= 11 is 0. The molecule has 21 heavy (non-hydrogen) atoms. The van der Waals surface area contributed by atoms with Crippen LogP contribution >= 0.6 is 0 Å². The van der Waals surface area contributed by atoms with E-state index in [9.17, 15) is 9.59 Å². The third-order valence-electron chi connectivity index (χ3n) is 5.31. The summed E-state index contributed by atoms with van der Waals surface area (Å²) in [6.07, 6.45) is 5.11. The summed E-state index contributed by atoms with van der Waals surface area (Å²) < 4.78 is 0. The normalized spacial score (nSPS) is 32.6. The summed E-state index contributed by atoms with van der Waals surface area (Å²) in [5, 5.41) is 0. The van der Waals surface area contributed by atoms with Crippen LogP contribution in [0, 0.1) is 17.8 Å². The second-order valence-corrected chi connectivity index (χ2v) is 6.70. The van der Waals surface area contributed by atoms with Gasteiger partial charge in [0.25, 0.3) is 0 Å². The quantitative estimate of drug-likeness (QED) is 0.682. The van der Waals surface area contributed by atoms with Gasteiger partial charge >= 0.3 is 0 Å². The zero-order chi connectivity index (χ0) is 15.3. The lowest BCUT2D eigenvalue weighted by molar-refractivity contribution is -0.115. The van der Waals surface area contributed by atoms with Crippen LogP contribution in [0.2, 0.25) is 0 Å². The van der Waals surface area contributed by atoms with Crippen LogP contribution in [0.3, 0.4) is 0 Å². The molecule has 3 rings (SSSR count). The number of hydrogen-bond acceptors (Lipinski definition) is 2. The zero-order valence-corrected chi connectivity index (χ0v) is 12.9. The molecule has 1 fully saturated rings. The fourth-order valence-electron chi connectivity index (χ4n) is 4.25. The first-order valence-corrected chi connectivity index (χ1v) is 7.74. The van der Waals surface area contributed by atoms with Crippen molar-refractivity contribution in [1.82, 2.24) is 0 Å². The molecule has 1 unspecified atom stereocenters. The molecule has 0 N–H and O–H groups in total. The Morgan fingerprint density at radius 1 is 1.24 bits per heavy atom. The third kappa shape index (κ3) is 2.08. The van der Waals surface area contributed by atoms with Crippen molar-refractivity contribution in [2.75, 3.05) is 0 Å². The van der Waals surface area contributed by atoms with Gasteiger partial charge < -0.3 is 0 Å². The Hall–Kier alpha value is -1.70. The van der Waals surface area contributed by atoms with Gasteiger partial charge in [-0.05, 0) is 50.5 Å². The fraction of sp³-hybridized carbons (Fsp3) is 0.474. The van der Waals surface area contributed by atoms with E-state index in [4.69, 9.17) is 0 Å². The number of Topliss-reactive ketones (excluding diaryl/α,β-unsaturated/α-hetero) is 2. The maximum atomic E-state index is 12.6. The molecular formula is C19H22O2. The Morgan fingerprint density at radius 2 is 1.95 bits per heavy atom. The van der Waals surface area contributed by atoms with Gasteiger partial charge in [-0.1, -0.05) is 30.4 Å². The van der Waals surface area contributed by atoms with Crippen LogP contribution in [0.4, 0.5) is 0 Å². The summed E-state index contributed by atoms with van der Waals surface area (Å²) in [6, 6.07) is 0. The fourth-order valence-corrected chi connectivity index (χ4v) is 4.25. The van der Waals surface area contributed by atoms with Crippen LogP contribution < -0.4 is 0 Å². The van der Waals surface area contributed by atoms with Crippen LogP contribution in [0.25, 0.3) is 0 Å². The summed E-state index contributed by atoms with van der Waals surface area (Å²) in [7, 11) is 0. The first kappa shape index (κ1) is 14.2. The van der Waals surface area contributed by atoms with E-state index in [1.807, 2.05) is 6.92 Å². The maximum Gasteiger partial charge on any atom is 0.184 e. The smallest absolute Gasteiger partial charge is 0.184 e. The molecule has 110 valence electrons. The van der Waals surface area contributed by atoms with Crippen molar-refractivity contribution in [3.63, 3.8) is 0 Å². The second kappa shape index (κ2) is 4.94. The number of allylic oxidation sites excluding steroid dienone is 6. The zero-order valence-electron chi connectivity index (χ0n) is 12.9. The third-order valence-corrected chi connectivity index (χ3v) is 5.31. The number of ketones is 2. The monoisotopic (exact) mass is 282 g/mol. The van der Waals surface area contributed by atoms with Gasteiger partial charge in [0.2, 0.25) is 0 Å². The lowest BCUT2D eigenvalue weighted by atomic mass is 9.65. The predicted molar refractivity (Wildman–Crippen MR) is 83.7 cm³/mol. The molecule has 3 aliphatic carbocycles. The molecule has 0 aromatic heterocycles. The minimum absolute atomic E-state index is 0.0202. The first-order valence-electron chi connectivity index (χ1n) is 7.74. The SMILES string of the molecule is C=C(C)C1CCC(=C)[C@H]2C3=C(CCC3=O)C(=O)C(C)=C[C@H]12. The molecular weight excluding hydrogens is 260 g/mol. The number of hydrogen-bond donors (Lipinski definition) is 0. The average Bonchev–Trinajstić information content (AvgIpc) is 2.74. The van der Waals surface area contributed by atoms with E-state index < -0.39 is 0 Å².